The number of allylic oxidation sites excluding steroid dienone is 1. The molecule has 0 bridgehead atoms. The minimum Gasteiger partial charge on any atom is -0.493 e. The molecular weight excluding hydrogens is 428 g/mol. The summed E-state index contributed by atoms with van der Waals surface area (Å²) in [6, 6.07) is 3.85. The van der Waals surface area contributed by atoms with E-state index >= 15 is 0 Å². The van der Waals surface area contributed by atoms with Gasteiger partial charge in [-0.1, -0.05) is 13.8 Å². The molecule has 1 aromatic rings. The van der Waals surface area contributed by atoms with E-state index in [0.717, 1.165) is 49.7 Å². The number of carbonyl (C=O) groups excluding carboxylic acids is 1. The second-order valence-corrected chi connectivity index (χ2v) is 11.7. The van der Waals surface area contributed by atoms with Crippen molar-refractivity contribution in [2.24, 2.45) is 34.5 Å². The third kappa shape index (κ3) is 3.49. The van der Waals surface area contributed by atoms with Crippen LogP contribution in [0.15, 0.2) is 17.7 Å². The molecule has 3 unspecified atom stereocenters. The normalized spacial score (nSPS) is 40.4. The van der Waals surface area contributed by atoms with Crippen molar-refractivity contribution in [1.29, 1.82) is 0 Å². The van der Waals surface area contributed by atoms with Crippen LogP contribution in [0.4, 0.5) is 0 Å². The Hall–Kier alpha value is -2.01. The summed E-state index contributed by atoms with van der Waals surface area (Å²) < 4.78 is 16.5. The molecule has 186 valence electrons. The lowest BCUT2D eigenvalue weighted by atomic mass is 9.45. The van der Waals surface area contributed by atoms with Crippen molar-refractivity contribution in [2.45, 2.75) is 71.3 Å². The highest BCUT2D eigenvalue weighted by atomic mass is 16.5. The maximum absolute atomic E-state index is 13.8. The molecule has 0 radical (unpaired) electrons. The molecule has 5 rings (SSSR count). The zero-order chi connectivity index (χ0) is 24.3. The molecule has 0 spiro atoms. The van der Waals surface area contributed by atoms with Gasteiger partial charge in [-0.05, 0) is 110 Å². The SMILES string of the molecule is COc1cc(C=C2CC3C4CC[C@H]5C[C@@H](O)CC[C@]5(C)C4CC[C@]3(C)C2=O)cc(OC)c1OC. The van der Waals surface area contributed by atoms with Gasteiger partial charge in [0.15, 0.2) is 17.3 Å². The molecule has 1 N–H and O–H groups in total. The summed E-state index contributed by atoms with van der Waals surface area (Å²) in [5.41, 5.74) is 1.91. The maximum atomic E-state index is 13.8. The average Bonchev–Trinajstić information content (AvgIpc) is 3.08. The first-order chi connectivity index (χ1) is 16.2. The summed E-state index contributed by atoms with van der Waals surface area (Å²) in [4.78, 5) is 13.8. The fourth-order valence-corrected chi connectivity index (χ4v) is 8.42. The van der Waals surface area contributed by atoms with E-state index in [2.05, 4.69) is 19.9 Å². The molecule has 7 atom stereocenters. The predicted octanol–water partition coefficient (Wildman–Crippen LogP) is 5.68. The van der Waals surface area contributed by atoms with E-state index in [1.165, 1.54) is 12.8 Å². The zero-order valence-electron chi connectivity index (χ0n) is 21.4. The van der Waals surface area contributed by atoms with Gasteiger partial charge in [0.1, 0.15) is 0 Å². The summed E-state index contributed by atoms with van der Waals surface area (Å²) in [6.07, 6.45) is 10.3. The maximum Gasteiger partial charge on any atom is 0.203 e. The van der Waals surface area contributed by atoms with Crippen LogP contribution in [0.1, 0.15) is 70.8 Å². The Morgan fingerprint density at radius 1 is 0.941 bits per heavy atom. The summed E-state index contributed by atoms with van der Waals surface area (Å²) in [5, 5.41) is 10.3. The first-order valence-corrected chi connectivity index (χ1v) is 13.0. The number of ketones is 1. The Kier molecular flexibility index (Phi) is 5.99. The zero-order valence-corrected chi connectivity index (χ0v) is 21.4. The fraction of sp³-hybridized carbons (Fsp3) is 0.690. The molecule has 4 aliphatic carbocycles. The number of hydrogen-bond donors (Lipinski definition) is 1. The number of hydrogen-bond acceptors (Lipinski definition) is 5. The van der Waals surface area contributed by atoms with Crippen LogP contribution in [0.5, 0.6) is 17.2 Å². The van der Waals surface area contributed by atoms with Crippen LogP contribution >= 0.6 is 0 Å². The monoisotopic (exact) mass is 468 g/mol. The summed E-state index contributed by atoms with van der Waals surface area (Å²) >= 11 is 0. The fourth-order valence-electron chi connectivity index (χ4n) is 8.42. The molecule has 1 aromatic carbocycles. The van der Waals surface area contributed by atoms with Gasteiger partial charge in [-0.15, -0.1) is 0 Å². The van der Waals surface area contributed by atoms with Crippen molar-refractivity contribution in [1.82, 2.24) is 0 Å². The number of aliphatic hydroxyl groups is 1. The largest absolute Gasteiger partial charge is 0.493 e. The van der Waals surface area contributed by atoms with E-state index < -0.39 is 0 Å². The topological polar surface area (TPSA) is 65.0 Å². The van der Waals surface area contributed by atoms with Gasteiger partial charge in [0.25, 0.3) is 0 Å². The van der Waals surface area contributed by atoms with Gasteiger partial charge in [-0.2, -0.15) is 0 Å². The van der Waals surface area contributed by atoms with Crippen LogP contribution in [0, 0.1) is 34.5 Å². The van der Waals surface area contributed by atoms with Crippen LogP contribution in [-0.4, -0.2) is 38.3 Å². The third-order valence-corrected chi connectivity index (χ3v) is 10.3. The van der Waals surface area contributed by atoms with Crippen molar-refractivity contribution < 1.29 is 24.1 Å². The number of rotatable bonds is 4. The summed E-state index contributed by atoms with van der Waals surface area (Å²) in [5.74, 6) is 4.43. The lowest BCUT2D eigenvalue weighted by Gasteiger charge is -2.59. The minimum absolute atomic E-state index is 0.121. The van der Waals surface area contributed by atoms with E-state index in [-0.39, 0.29) is 11.5 Å². The molecule has 0 saturated heterocycles. The van der Waals surface area contributed by atoms with E-state index in [0.29, 0.717) is 52.1 Å². The quantitative estimate of drug-likeness (QED) is 0.576. The molecular formula is C29H40O5. The van der Waals surface area contributed by atoms with E-state index in [9.17, 15) is 9.90 Å². The van der Waals surface area contributed by atoms with Crippen molar-refractivity contribution in [3.05, 3.63) is 23.3 Å². The van der Waals surface area contributed by atoms with Crippen LogP contribution in [-0.2, 0) is 4.79 Å². The summed E-state index contributed by atoms with van der Waals surface area (Å²) in [6.45, 7) is 4.72. The molecule has 34 heavy (non-hydrogen) atoms. The van der Waals surface area contributed by atoms with Crippen LogP contribution in [0.3, 0.4) is 0 Å². The highest BCUT2D eigenvalue weighted by Crippen LogP contribution is 2.66. The number of ether oxygens (including phenoxy) is 3. The van der Waals surface area contributed by atoms with Crippen molar-refractivity contribution in [2.75, 3.05) is 21.3 Å². The van der Waals surface area contributed by atoms with Gasteiger partial charge in [0, 0.05) is 5.41 Å². The van der Waals surface area contributed by atoms with Crippen LogP contribution in [0.25, 0.3) is 6.08 Å². The predicted molar refractivity (Wildman–Crippen MR) is 132 cm³/mol. The second kappa shape index (κ2) is 8.58. The number of benzene rings is 1. The van der Waals surface area contributed by atoms with Crippen LogP contribution < -0.4 is 14.2 Å². The smallest absolute Gasteiger partial charge is 0.203 e. The Labute approximate surface area is 203 Å². The van der Waals surface area contributed by atoms with Gasteiger partial charge in [-0.25, -0.2) is 0 Å². The van der Waals surface area contributed by atoms with Gasteiger partial charge in [0.05, 0.1) is 27.4 Å². The lowest BCUT2D eigenvalue weighted by Crippen LogP contribution is -2.54. The Morgan fingerprint density at radius 3 is 2.29 bits per heavy atom. The van der Waals surface area contributed by atoms with Gasteiger partial charge in [-0.3, -0.25) is 4.79 Å². The Bertz CT molecular complexity index is 973. The van der Waals surface area contributed by atoms with Gasteiger partial charge in [0.2, 0.25) is 5.75 Å². The minimum atomic E-state index is -0.259. The standard InChI is InChI=1S/C29H40O5/c1-28-10-8-20(30)16-19(28)6-7-21-22(28)9-11-29(2)23(21)15-18(27(29)31)12-17-13-24(32-3)26(34-5)25(14-17)33-4/h12-14,19-23,30H,6-11,15-16H2,1-5H3/t19-,20-,21?,22?,23?,28-,29-/m0/s1. The van der Waals surface area contributed by atoms with Crippen molar-refractivity contribution in [3.8, 4) is 17.2 Å². The first-order valence-electron chi connectivity index (χ1n) is 13.0. The molecule has 5 heteroatoms. The molecule has 0 heterocycles. The molecule has 0 amide bonds. The molecule has 0 aliphatic heterocycles. The van der Waals surface area contributed by atoms with E-state index in [1.807, 2.05) is 12.1 Å². The van der Waals surface area contributed by atoms with E-state index in [4.69, 9.17) is 14.2 Å². The second-order valence-electron chi connectivity index (χ2n) is 11.7. The average molecular weight is 469 g/mol. The number of Topliss-reactive ketones (excluding diaryl/α,β-unsaturated/α-hetero) is 1. The van der Waals surface area contributed by atoms with Gasteiger partial charge < -0.3 is 19.3 Å². The van der Waals surface area contributed by atoms with Crippen molar-refractivity contribution in [3.63, 3.8) is 0 Å². The number of methoxy groups -OCH3 is 3. The Balaban J connectivity index is 1.46. The number of aliphatic hydroxyl groups excluding tert-OH is 1. The lowest BCUT2D eigenvalue weighted by molar-refractivity contribution is -0.141. The third-order valence-electron chi connectivity index (χ3n) is 10.3. The van der Waals surface area contributed by atoms with Crippen molar-refractivity contribution >= 4 is 11.9 Å². The number of carbonyl (C=O) groups is 1. The molecule has 4 saturated carbocycles. The molecule has 4 aliphatic rings. The highest BCUT2D eigenvalue weighted by Gasteiger charge is 2.61. The molecule has 5 nitrogen and oxygen atoms in total. The highest BCUT2D eigenvalue weighted by molar-refractivity contribution is 6.06. The molecule has 4 fully saturated rings. The van der Waals surface area contributed by atoms with Gasteiger partial charge >= 0.3 is 0 Å². The first kappa shape index (κ1) is 23.7. The van der Waals surface area contributed by atoms with Crippen LogP contribution in [0.2, 0.25) is 0 Å². The Morgan fingerprint density at radius 2 is 1.65 bits per heavy atom. The summed E-state index contributed by atoms with van der Waals surface area (Å²) in [7, 11) is 4.83. The van der Waals surface area contributed by atoms with E-state index in [1.54, 1.807) is 21.3 Å². The number of fused-ring (bicyclic) bond motifs is 5. The molecule has 0 aromatic heterocycles.